The number of hydrogen-bond acceptors (Lipinski definition) is 5. The maximum absolute atomic E-state index is 13.5. The summed E-state index contributed by atoms with van der Waals surface area (Å²) in [6, 6.07) is 8.80. The molecule has 2 heterocycles. The van der Waals surface area contributed by atoms with Crippen LogP contribution >= 0.6 is 12.4 Å². The molecule has 0 radical (unpaired) electrons. The van der Waals surface area contributed by atoms with Crippen molar-refractivity contribution in [2.45, 2.75) is 43.7 Å². The van der Waals surface area contributed by atoms with E-state index >= 15 is 0 Å². The van der Waals surface area contributed by atoms with Gasteiger partial charge in [0.2, 0.25) is 10.0 Å². The van der Waals surface area contributed by atoms with Crippen LogP contribution in [0.3, 0.4) is 0 Å². The topological polar surface area (TPSA) is 73.8 Å². The minimum Gasteiger partial charge on any atom is -0.368 e. The minimum absolute atomic E-state index is 0. The molecular weight excluding hydrogens is 470 g/mol. The van der Waals surface area contributed by atoms with Crippen LogP contribution in [-0.2, 0) is 16.6 Å². The maximum atomic E-state index is 13.5. The van der Waals surface area contributed by atoms with Gasteiger partial charge < -0.3 is 10.6 Å². The molecule has 0 amide bonds. The second kappa shape index (κ2) is 10.0. The Labute approximate surface area is 199 Å². The van der Waals surface area contributed by atoms with Crippen LogP contribution in [0.1, 0.15) is 29.5 Å². The highest BCUT2D eigenvalue weighted by atomic mass is 35.5. The fourth-order valence-electron chi connectivity index (χ4n) is 4.57. The van der Waals surface area contributed by atoms with Crippen LogP contribution in [0.5, 0.6) is 0 Å². The average molecular weight is 499 g/mol. The molecule has 0 aliphatic carbocycles. The maximum Gasteiger partial charge on any atom is 0.243 e. The van der Waals surface area contributed by atoms with Gasteiger partial charge in [-0.3, -0.25) is 4.99 Å². The molecule has 33 heavy (non-hydrogen) atoms. The molecule has 0 atom stereocenters. The van der Waals surface area contributed by atoms with Gasteiger partial charge in [-0.05, 0) is 56.0 Å². The number of halogens is 3. The van der Waals surface area contributed by atoms with Crippen molar-refractivity contribution in [3.05, 3.63) is 64.7 Å². The van der Waals surface area contributed by atoms with Gasteiger partial charge in [-0.15, -0.1) is 12.4 Å². The first kappa shape index (κ1) is 25.6. The van der Waals surface area contributed by atoms with E-state index < -0.39 is 27.2 Å². The largest absolute Gasteiger partial charge is 0.368 e. The van der Waals surface area contributed by atoms with Gasteiger partial charge in [-0.2, -0.15) is 4.31 Å². The lowest BCUT2D eigenvalue weighted by atomic mass is 9.85. The smallest absolute Gasteiger partial charge is 0.243 e. The van der Waals surface area contributed by atoms with E-state index in [-0.39, 0.29) is 19.0 Å². The van der Waals surface area contributed by atoms with Gasteiger partial charge in [0.15, 0.2) is 0 Å². The molecule has 10 heteroatoms. The molecule has 0 aromatic heterocycles. The highest BCUT2D eigenvalue weighted by Gasteiger charge is 2.43. The van der Waals surface area contributed by atoms with E-state index in [4.69, 9.17) is 0 Å². The molecule has 1 fully saturated rings. The number of sulfonamides is 1. The first-order chi connectivity index (χ1) is 15.2. The van der Waals surface area contributed by atoms with Crippen molar-refractivity contribution in [2.24, 2.45) is 4.99 Å². The lowest BCUT2D eigenvalue weighted by Crippen LogP contribution is -2.64. The Hall–Kier alpha value is -2.07. The third kappa shape index (κ3) is 5.37. The summed E-state index contributed by atoms with van der Waals surface area (Å²) in [5.41, 5.74) is 1.78. The second-order valence-electron chi connectivity index (χ2n) is 8.54. The molecular formula is C23H29ClF2N4O2S. The predicted molar refractivity (Wildman–Crippen MR) is 127 cm³/mol. The lowest BCUT2D eigenvalue weighted by molar-refractivity contribution is 0.241. The minimum atomic E-state index is -3.59. The van der Waals surface area contributed by atoms with Gasteiger partial charge in [0.05, 0.1) is 17.0 Å². The van der Waals surface area contributed by atoms with Gasteiger partial charge in [0, 0.05) is 32.2 Å². The molecule has 2 aliphatic rings. The second-order valence-corrected chi connectivity index (χ2v) is 10.4. The molecule has 1 spiro atoms. The van der Waals surface area contributed by atoms with Crippen LogP contribution in [-0.4, -0.2) is 50.3 Å². The third-order valence-corrected chi connectivity index (χ3v) is 8.26. The number of aryl methyl sites for hydroxylation is 2. The number of rotatable bonds is 4. The standard InChI is InChI=1S/C23H28F2N4O2S.ClH/c1-16-3-4-21(17(2)11-16)32(30,31)29-9-5-23(6-10-29)22(26-7-8-28-23)27-15-18-12-19(24)14-20(25)13-18;/h3-4,11-14,28H,5-10,15H2,1-2H3,(H,26,27);1H. The number of hydrogen-bond donors (Lipinski definition) is 2. The summed E-state index contributed by atoms with van der Waals surface area (Å²) in [6.45, 7) is 6.00. The van der Waals surface area contributed by atoms with Crippen LogP contribution in [0.4, 0.5) is 8.78 Å². The summed E-state index contributed by atoms with van der Waals surface area (Å²) in [5, 5.41) is 6.75. The quantitative estimate of drug-likeness (QED) is 0.678. The number of aliphatic imine (C=N–C) groups is 1. The zero-order valence-corrected chi connectivity index (χ0v) is 20.3. The van der Waals surface area contributed by atoms with Gasteiger partial charge in [0.1, 0.15) is 17.5 Å². The Bertz CT molecular complexity index is 1130. The van der Waals surface area contributed by atoms with Crippen molar-refractivity contribution >= 4 is 28.3 Å². The Morgan fingerprint density at radius 2 is 1.76 bits per heavy atom. The number of piperidine rings is 1. The molecule has 2 aromatic rings. The average Bonchev–Trinajstić information content (AvgIpc) is 2.72. The Kier molecular flexibility index (Phi) is 7.78. The zero-order valence-electron chi connectivity index (χ0n) is 18.7. The third-order valence-electron chi connectivity index (χ3n) is 6.20. The van der Waals surface area contributed by atoms with Crippen molar-refractivity contribution in [1.29, 1.82) is 0 Å². The predicted octanol–water partition coefficient (Wildman–Crippen LogP) is 3.32. The molecule has 0 saturated carbocycles. The van der Waals surface area contributed by atoms with E-state index in [2.05, 4.69) is 15.6 Å². The van der Waals surface area contributed by atoms with E-state index in [1.54, 1.807) is 6.07 Å². The lowest BCUT2D eigenvalue weighted by Gasteiger charge is -2.44. The van der Waals surface area contributed by atoms with E-state index in [1.807, 2.05) is 26.0 Å². The summed E-state index contributed by atoms with van der Waals surface area (Å²) < 4.78 is 55.0. The van der Waals surface area contributed by atoms with Crippen LogP contribution < -0.4 is 10.6 Å². The number of nitrogens with one attached hydrogen (secondary N) is 2. The first-order valence-electron chi connectivity index (χ1n) is 10.8. The number of benzene rings is 2. The number of amidine groups is 1. The van der Waals surface area contributed by atoms with Crippen LogP contribution in [0.25, 0.3) is 0 Å². The van der Waals surface area contributed by atoms with Gasteiger partial charge in [-0.25, -0.2) is 17.2 Å². The van der Waals surface area contributed by atoms with Crippen molar-refractivity contribution in [2.75, 3.05) is 26.2 Å². The van der Waals surface area contributed by atoms with Crippen molar-refractivity contribution in [3.63, 3.8) is 0 Å². The van der Waals surface area contributed by atoms with E-state index in [1.165, 1.54) is 16.4 Å². The van der Waals surface area contributed by atoms with Gasteiger partial charge in [-0.1, -0.05) is 17.7 Å². The molecule has 2 aliphatic heterocycles. The molecule has 0 unspecified atom stereocenters. The molecule has 2 N–H and O–H groups in total. The summed E-state index contributed by atoms with van der Waals surface area (Å²) in [6.07, 6.45) is 1.11. The van der Waals surface area contributed by atoms with Crippen LogP contribution in [0.15, 0.2) is 46.3 Å². The highest BCUT2D eigenvalue weighted by Crippen LogP contribution is 2.30. The summed E-state index contributed by atoms with van der Waals surface area (Å²) in [7, 11) is -3.59. The van der Waals surface area contributed by atoms with E-state index in [0.29, 0.717) is 49.5 Å². The molecule has 4 rings (SSSR count). The number of nitrogens with zero attached hydrogens (tertiary/aromatic N) is 2. The fraction of sp³-hybridized carbons (Fsp3) is 0.435. The van der Waals surface area contributed by atoms with Crippen molar-refractivity contribution < 1.29 is 17.2 Å². The fourth-order valence-corrected chi connectivity index (χ4v) is 6.22. The van der Waals surface area contributed by atoms with E-state index in [9.17, 15) is 17.2 Å². The highest BCUT2D eigenvalue weighted by molar-refractivity contribution is 7.89. The molecule has 180 valence electrons. The van der Waals surface area contributed by atoms with Crippen LogP contribution in [0.2, 0.25) is 0 Å². The van der Waals surface area contributed by atoms with Crippen LogP contribution in [0, 0.1) is 25.5 Å². The van der Waals surface area contributed by atoms with Crippen molar-refractivity contribution in [1.82, 2.24) is 14.9 Å². The first-order valence-corrected chi connectivity index (χ1v) is 12.2. The monoisotopic (exact) mass is 498 g/mol. The zero-order chi connectivity index (χ0) is 22.9. The summed E-state index contributed by atoms with van der Waals surface area (Å²) >= 11 is 0. The normalized spacial score (nSPS) is 18.5. The SMILES string of the molecule is Cc1ccc(S(=O)(=O)N2CCC3(CC2)NCCN=C3NCc2cc(F)cc(F)c2)c(C)c1.Cl. The van der Waals surface area contributed by atoms with E-state index in [0.717, 1.165) is 23.0 Å². The van der Waals surface area contributed by atoms with Gasteiger partial charge in [0.25, 0.3) is 0 Å². The Morgan fingerprint density at radius 3 is 2.39 bits per heavy atom. The molecule has 1 saturated heterocycles. The Balaban J connectivity index is 0.00000306. The molecule has 0 bridgehead atoms. The van der Waals surface area contributed by atoms with Gasteiger partial charge >= 0.3 is 0 Å². The molecule has 6 nitrogen and oxygen atoms in total. The van der Waals surface area contributed by atoms with Crippen molar-refractivity contribution in [3.8, 4) is 0 Å². The molecule has 2 aromatic carbocycles. The summed E-state index contributed by atoms with van der Waals surface area (Å²) in [4.78, 5) is 4.97. The Morgan fingerprint density at radius 1 is 1.09 bits per heavy atom. The summed E-state index contributed by atoms with van der Waals surface area (Å²) in [5.74, 6) is -0.521.